The molecule has 3 aromatic rings. The van der Waals surface area contributed by atoms with Crippen LogP contribution in [0.25, 0.3) is 0 Å². The van der Waals surface area contributed by atoms with Gasteiger partial charge in [-0.3, -0.25) is 9.52 Å². The number of amides is 1. The van der Waals surface area contributed by atoms with Gasteiger partial charge in [0.05, 0.1) is 11.5 Å². The number of allylic oxidation sites excluding steroid dienone is 1. The molecule has 1 atom stereocenters. The standard InChI is InChI=1S/C36H45N3O6S/c1-3-4-5-6-9-24-45-32-20-22-33(23-21-32)46(43,44)39-31-16-12-27(13-17-31)25-34(36(41)42)38-35(40)29-14-18-30(19-15-29)37-26(2)28-10-7-8-11-28/h12-23,28,34,37,39H,2-11,24-25H2,1H3,(H,38,40)(H,41,42)/t34-/m0/s1. The first-order chi connectivity index (χ1) is 22.1. The van der Waals surface area contributed by atoms with E-state index in [1.165, 1.54) is 44.2 Å². The van der Waals surface area contributed by atoms with Gasteiger partial charge in [-0.25, -0.2) is 13.2 Å². The Labute approximate surface area is 272 Å². The van der Waals surface area contributed by atoms with Gasteiger partial charge in [0.25, 0.3) is 15.9 Å². The molecule has 9 nitrogen and oxygen atoms in total. The lowest BCUT2D eigenvalue weighted by Crippen LogP contribution is -2.42. The Morgan fingerprint density at radius 2 is 1.52 bits per heavy atom. The zero-order valence-corrected chi connectivity index (χ0v) is 27.3. The molecule has 0 spiro atoms. The number of anilines is 2. The lowest BCUT2D eigenvalue weighted by atomic mass is 10.0. The molecular formula is C36H45N3O6S. The minimum atomic E-state index is -3.84. The van der Waals surface area contributed by atoms with E-state index in [2.05, 4.69) is 28.9 Å². The Kier molecular flexibility index (Phi) is 12.7. The lowest BCUT2D eigenvalue weighted by Gasteiger charge is -2.17. The highest BCUT2D eigenvalue weighted by Gasteiger charge is 2.22. The summed E-state index contributed by atoms with van der Waals surface area (Å²) in [6.45, 7) is 6.91. The van der Waals surface area contributed by atoms with Gasteiger partial charge >= 0.3 is 5.97 Å². The Hall–Kier alpha value is -4.31. The zero-order chi connectivity index (χ0) is 32.9. The summed E-state index contributed by atoms with van der Waals surface area (Å²) in [6.07, 6.45) is 10.4. The second-order valence-electron chi connectivity index (χ2n) is 11.8. The summed E-state index contributed by atoms with van der Waals surface area (Å²) in [5.41, 5.74) is 3.10. The average molecular weight is 648 g/mol. The molecule has 1 aliphatic carbocycles. The fourth-order valence-electron chi connectivity index (χ4n) is 5.48. The fourth-order valence-corrected chi connectivity index (χ4v) is 6.54. The van der Waals surface area contributed by atoms with Crippen LogP contribution in [0.5, 0.6) is 5.75 Å². The van der Waals surface area contributed by atoms with Crippen LogP contribution in [0.3, 0.4) is 0 Å². The smallest absolute Gasteiger partial charge is 0.326 e. The molecule has 4 N–H and O–H groups in total. The molecule has 3 aromatic carbocycles. The number of carboxylic acid groups (broad SMARTS) is 1. The van der Waals surface area contributed by atoms with Crippen molar-refractivity contribution in [3.05, 3.63) is 96.2 Å². The molecule has 1 amide bonds. The lowest BCUT2D eigenvalue weighted by molar-refractivity contribution is -0.139. The van der Waals surface area contributed by atoms with Gasteiger partial charge in [-0.15, -0.1) is 0 Å². The molecule has 0 aromatic heterocycles. The summed E-state index contributed by atoms with van der Waals surface area (Å²) in [6, 6.07) is 18.4. The van der Waals surface area contributed by atoms with Gasteiger partial charge in [-0.1, -0.05) is 64.2 Å². The third kappa shape index (κ3) is 10.4. The van der Waals surface area contributed by atoms with Crippen LogP contribution in [0, 0.1) is 5.92 Å². The molecule has 4 rings (SSSR count). The third-order valence-corrected chi connectivity index (χ3v) is 9.60. The Bertz CT molecular complexity index is 1550. The van der Waals surface area contributed by atoms with Gasteiger partial charge in [0.2, 0.25) is 0 Å². The number of hydrogen-bond acceptors (Lipinski definition) is 6. The fraction of sp³-hybridized carbons (Fsp3) is 0.389. The Morgan fingerprint density at radius 1 is 0.891 bits per heavy atom. The van der Waals surface area contributed by atoms with Crippen molar-refractivity contribution < 1.29 is 27.9 Å². The van der Waals surface area contributed by atoms with Crippen LogP contribution in [0.2, 0.25) is 0 Å². The first kappa shape index (κ1) is 34.6. The number of rotatable bonds is 18. The molecule has 46 heavy (non-hydrogen) atoms. The van der Waals surface area contributed by atoms with Crippen molar-refractivity contribution >= 4 is 33.3 Å². The number of benzene rings is 3. The number of sulfonamides is 1. The predicted molar refractivity (Wildman–Crippen MR) is 182 cm³/mol. The number of carboxylic acids is 1. The first-order valence-corrected chi connectivity index (χ1v) is 17.6. The van der Waals surface area contributed by atoms with Gasteiger partial charge < -0.3 is 20.5 Å². The number of aliphatic carboxylic acids is 1. The normalized spacial score (nSPS) is 13.9. The van der Waals surface area contributed by atoms with E-state index in [1.807, 2.05) is 0 Å². The van der Waals surface area contributed by atoms with Crippen molar-refractivity contribution in [2.24, 2.45) is 5.92 Å². The summed E-state index contributed by atoms with van der Waals surface area (Å²) in [4.78, 5) is 24.9. The average Bonchev–Trinajstić information content (AvgIpc) is 3.59. The maximum absolute atomic E-state index is 12.9. The minimum Gasteiger partial charge on any atom is -0.494 e. The van der Waals surface area contributed by atoms with Gasteiger partial charge in [0, 0.05) is 29.1 Å². The topological polar surface area (TPSA) is 134 Å². The number of carbonyl (C=O) groups is 2. The zero-order valence-electron chi connectivity index (χ0n) is 26.5. The second kappa shape index (κ2) is 16.8. The molecule has 0 bridgehead atoms. The molecule has 0 radical (unpaired) electrons. The highest BCUT2D eigenvalue weighted by molar-refractivity contribution is 7.92. The van der Waals surface area contributed by atoms with Crippen LogP contribution in [0.15, 0.2) is 90.0 Å². The summed E-state index contributed by atoms with van der Waals surface area (Å²) in [7, 11) is -3.84. The molecule has 0 aliphatic heterocycles. The van der Waals surface area contributed by atoms with E-state index in [4.69, 9.17) is 4.74 Å². The Morgan fingerprint density at radius 3 is 2.15 bits per heavy atom. The quantitative estimate of drug-likeness (QED) is 0.106. The number of unbranched alkanes of at least 4 members (excludes halogenated alkanes) is 4. The predicted octanol–water partition coefficient (Wildman–Crippen LogP) is 7.38. The van der Waals surface area contributed by atoms with Gasteiger partial charge in [-0.05, 0) is 91.4 Å². The number of carbonyl (C=O) groups excluding carboxylic acids is 1. The molecular weight excluding hydrogens is 602 g/mol. The van der Waals surface area contributed by atoms with Gasteiger partial charge in [0.15, 0.2) is 0 Å². The van der Waals surface area contributed by atoms with Crippen molar-refractivity contribution in [1.82, 2.24) is 5.32 Å². The maximum atomic E-state index is 12.9. The van der Waals surface area contributed by atoms with E-state index < -0.39 is 27.9 Å². The largest absolute Gasteiger partial charge is 0.494 e. The minimum absolute atomic E-state index is 0.0228. The van der Waals surface area contributed by atoms with Crippen LogP contribution in [-0.2, 0) is 21.2 Å². The highest BCUT2D eigenvalue weighted by atomic mass is 32.2. The van der Waals surface area contributed by atoms with Gasteiger partial charge in [0.1, 0.15) is 11.8 Å². The van der Waals surface area contributed by atoms with E-state index in [9.17, 15) is 23.1 Å². The molecule has 1 fully saturated rings. The molecule has 1 aliphatic rings. The number of nitrogens with one attached hydrogen (secondary N) is 3. The van der Waals surface area contributed by atoms with Crippen molar-refractivity contribution in [2.45, 2.75) is 82.1 Å². The van der Waals surface area contributed by atoms with Crippen LogP contribution >= 0.6 is 0 Å². The van der Waals surface area contributed by atoms with E-state index >= 15 is 0 Å². The van der Waals surface area contributed by atoms with Crippen molar-refractivity contribution in [3.63, 3.8) is 0 Å². The third-order valence-electron chi connectivity index (χ3n) is 8.20. The monoisotopic (exact) mass is 647 g/mol. The van der Waals surface area contributed by atoms with Crippen LogP contribution < -0.4 is 20.1 Å². The summed E-state index contributed by atoms with van der Waals surface area (Å²) in [5, 5.41) is 15.7. The highest BCUT2D eigenvalue weighted by Crippen LogP contribution is 2.31. The van der Waals surface area contributed by atoms with Crippen molar-refractivity contribution in [1.29, 1.82) is 0 Å². The maximum Gasteiger partial charge on any atom is 0.326 e. The van der Waals surface area contributed by atoms with E-state index in [0.29, 0.717) is 35.1 Å². The van der Waals surface area contributed by atoms with E-state index in [0.717, 1.165) is 37.1 Å². The van der Waals surface area contributed by atoms with E-state index in [1.54, 1.807) is 60.7 Å². The van der Waals surface area contributed by atoms with Crippen LogP contribution in [-0.4, -0.2) is 38.0 Å². The SMILES string of the molecule is C=C(Nc1ccc(C(=O)N[C@@H](Cc2ccc(NS(=O)(=O)c3ccc(OCCCCCCC)cc3)cc2)C(=O)O)cc1)C1CCCC1. The Balaban J connectivity index is 1.28. The number of hydrogen-bond donors (Lipinski definition) is 4. The second-order valence-corrected chi connectivity index (χ2v) is 13.5. The molecule has 0 saturated heterocycles. The van der Waals surface area contributed by atoms with Crippen LogP contribution in [0.1, 0.15) is 80.6 Å². The summed E-state index contributed by atoms with van der Waals surface area (Å²) < 4.78 is 34.1. The molecule has 0 heterocycles. The van der Waals surface area contributed by atoms with Gasteiger partial charge in [-0.2, -0.15) is 0 Å². The molecule has 10 heteroatoms. The van der Waals surface area contributed by atoms with Crippen molar-refractivity contribution in [2.75, 3.05) is 16.6 Å². The number of ether oxygens (including phenoxy) is 1. The van der Waals surface area contributed by atoms with E-state index in [-0.39, 0.29) is 11.3 Å². The molecule has 0 unspecified atom stereocenters. The van der Waals surface area contributed by atoms with Crippen LogP contribution in [0.4, 0.5) is 11.4 Å². The first-order valence-electron chi connectivity index (χ1n) is 16.1. The molecule has 246 valence electrons. The summed E-state index contributed by atoms with van der Waals surface area (Å²) in [5.74, 6) is -0.593. The van der Waals surface area contributed by atoms with Crippen molar-refractivity contribution in [3.8, 4) is 5.75 Å². The molecule has 1 saturated carbocycles. The summed E-state index contributed by atoms with van der Waals surface area (Å²) >= 11 is 0.